The van der Waals surface area contributed by atoms with Gasteiger partial charge in [-0.1, -0.05) is 6.92 Å². The summed E-state index contributed by atoms with van der Waals surface area (Å²) in [6.45, 7) is 1.75. The predicted molar refractivity (Wildman–Crippen MR) is 48.1 cm³/mol. The first-order chi connectivity index (χ1) is 6.19. The lowest BCUT2D eigenvalue weighted by molar-refractivity contribution is 0.0595. The first-order valence-corrected chi connectivity index (χ1v) is 4.64. The number of aromatic nitrogens is 1. The molecule has 0 aliphatic heterocycles. The van der Waals surface area contributed by atoms with Gasteiger partial charge in [0.15, 0.2) is 16.5 Å². The summed E-state index contributed by atoms with van der Waals surface area (Å²) >= 11 is 1.16. The molecule has 4 nitrogen and oxygen atoms in total. The second-order valence-corrected chi connectivity index (χ2v) is 3.16. The largest absolute Gasteiger partial charge is 0.464 e. The molecule has 0 aliphatic rings. The normalized spacial score (nSPS) is 9.69. The molecular formula is C8H9NO3S. The van der Waals surface area contributed by atoms with Crippen molar-refractivity contribution in [1.29, 1.82) is 0 Å². The van der Waals surface area contributed by atoms with Crippen LogP contribution in [0.5, 0.6) is 0 Å². The minimum absolute atomic E-state index is 0.0554. The van der Waals surface area contributed by atoms with Gasteiger partial charge in [0.05, 0.1) is 7.11 Å². The fourth-order valence-corrected chi connectivity index (χ4v) is 1.55. The standard InChI is InChI=1S/C8H9NO3S/c1-3-6(10)7-9-5(4-13-7)8(11)12-2/h4H,3H2,1-2H3. The van der Waals surface area contributed by atoms with E-state index in [2.05, 4.69) is 9.72 Å². The van der Waals surface area contributed by atoms with Crippen molar-refractivity contribution in [1.82, 2.24) is 4.98 Å². The Bertz CT molecular complexity index is 301. The molecule has 0 spiro atoms. The first-order valence-electron chi connectivity index (χ1n) is 3.76. The highest BCUT2D eigenvalue weighted by Gasteiger charge is 2.13. The zero-order valence-electron chi connectivity index (χ0n) is 7.36. The summed E-state index contributed by atoms with van der Waals surface area (Å²) in [5.74, 6) is -0.563. The number of thiazole rings is 1. The van der Waals surface area contributed by atoms with E-state index in [4.69, 9.17) is 0 Å². The molecule has 1 rings (SSSR count). The van der Waals surface area contributed by atoms with Crippen molar-refractivity contribution in [2.75, 3.05) is 7.11 Å². The van der Waals surface area contributed by atoms with Gasteiger partial charge >= 0.3 is 5.97 Å². The molecule has 1 aromatic rings. The van der Waals surface area contributed by atoms with Crippen LogP contribution in [-0.2, 0) is 4.74 Å². The fraction of sp³-hybridized carbons (Fsp3) is 0.375. The van der Waals surface area contributed by atoms with E-state index in [1.807, 2.05) is 0 Å². The molecule has 0 unspecified atom stereocenters. The molecule has 5 heteroatoms. The maximum absolute atomic E-state index is 11.1. The van der Waals surface area contributed by atoms with Crippen molar-refractivity contribution < 1.29 is 14.3 Å². The lowest BCUT2D eigenvalue weighted by Crippen LogP contribution is -2.03. The van der Waals surface area contributed by atoms with E-state index in [0.717, 1.165) is 11.3 Å². The van der Waals surface area contributed by atoms with Gasteiger partial charge in [-0.2, -0.15) is 0 Å². The van der Waals surface area contributed by atoms with Crippen molar-refractivity contribution in [3.05, 3.63) is 16.1 Å². The number of Topliss-reactive ketones (excluding diaryl/α,β-unsaturated/α-hetero) is 1. The molecule has 0 saturated carbocycles. The van der Waals surface area contributed by atoms with Gasteiger partial charge in [0, 0.05) is 11.8 Å². The summed E-state index contributed by atoms with van der Waals surface area (Å²) < 4.78 is 4.46. The lowest BCUT2D eigenvalue weighted by atomic mass is 10.3. The van der Waals surface area contributed by atoms with Gasteiger partial charge in [-0.05, 0) is 0 Å². The second kappa shape index (κ2) is 4.13. The van der Waals surface area contributed by atoms with E-state index in [9.17, 15) is 9.59 Å². The maximum Gasteiger partial charge on any atom is 0.357 e. The number of nitrogens with zero attached hydrogens (tertiary/aromatic N) is 1. The fourth-order valence-electron chi connectivity index (χ4n) is 0.751. The van der Waals surface area contributed by atoms with Crippen LogP contribution in [0, 0.1) is 0 Å². The molecule has 0 bridgehead atoms. The SMILES string of the molecule is CCC(=O)c1nc(C(=O)OC)cs1. The van der Waals surface area contributed by atoms with Crippen molar-refractivity contribution in [3.8, 4) is 0 Å². The van der Waals surface area contributed by atoms with Crippen LogP contribution in [0.3, 0.4) is 0 Å². The summed E-state index contributed by atoms with van der Waals surface area (Å²) in [4.78, 5) is 25.9. The van der Waals surface area contributed by atoms with Crippen molar-refractivity contribution in [3.63, 3.8) is 0 Å². The van der Waals surface area contributed by atoms with E-state index in [-0.39, 0.29) is 11.5 Å². The van der Waals surface area contributed by atoms with Gasteiger partial charge in [0.2, 0.25) is 0 Å². The number of hydrogen-bond acceptors (Lipinski definition) is 5. The van der Waals surface area contributed by atoms with Gasteiger partial charge in [-0.3, -0.25) is 4.79 Å². The monoisotopic (exact) mass is 199 g/mol. The van der Waals surface area contributed by atoms with Gasteiger partial charge < -0.3 is 4.74 Å². The number of methoxy groups -OCH3 is 1. The molecule has 1 aromatic heterocycles. The summed E-state index contributed by atoms with van der Waals surface area (Å²) in [6, 6.07) is 0. The number of rotatable bonds is 3. The number of ketones is 1. The Labute approximate surface area is 79.6 Å². The zero-order chi connectivity index (χ0) is 9.84. The average Bonchev–Trinajstić information content (AvgIpc) is 2.64. The Balaban J connectivity index is 2.86. The van der Waals surface area contributed by atoms with E-state index in [1.54, 1.807) is 6.92 Å². The first kappa shape index (κ1) is 9.85. The smallest absolute Gasteiger partial charge is 0.357 e. The van der Waals surface area contributed by atoms with E-state index < -0.39 is 5.97 Å². The highest BCUT2D eigenvalue weighted by molar-refractivity contribution is 7.11. The van der Waals surface area contributed by atoms with Crippen LogP contribution in [0.4, 0.5) is 0 Å². The number of carbonyl (C=O) groups excluding carboxylic acids is 2. The molecule has 70 valence electrons. The third-order valence-electron chi connectivity index (χ3n) is 1.46. The van der Waals surface area contributed by atoms with Gasteiger partial charge in [-0.25, -0.2) is 9.78 Å². The molecule has 0 fully saturated rings. The van der Waals surface area contributed by atoms with Crippen LogP contribution in [0.2, 0.25) is 0 Å². The van der Waals surface area contributed by atoms with Crippen LogP contribution in [0.15, 0.2) is 5.38 Å². The molecule has 1 heterocycles. The van der Waals surface area contributed by atoms with Crippen LogP contribution in [-0.4, -0.2) is 23.8 Å². The quantitative estimate of drug-likeness (QED) is 0.547. The van der Waals surface area contributed by atoms with Gasteiger partial charge in [0.25, 0.3) is 0 Å². The average molecular weight is 199 g/mol. The molecule has 0 aliphatic carbocycles. The third-order valence-corrected chi connectivity index (χ3v) is 2.34. The Kier molecular flexibility index (Phi) is 3.13. The van der Waals surface area contributed by atoms with E-state index >= 15 is 0 Å². The van der Waals surface area contributed by atoms with E-state index in [1.165, 1.54) is 12.5 Å². The Morgan fingerprint density at radius 1 is 1.62 bits per heavy atom. The number of hydrogen-bond donors (Lipinski definition) is 0. The number of ether oxygens (including phenoxy) is 1. The van der Waals surface area contributed by atoms with Crippen LogP contribution in [0.25, 0.3) is 0 Å². The molecule has 0 N–H and O–H groups in total. The second-order valence-electron chi connectivity index (χ2n) is 2.31. The van der Waals surface area contributed by atoms with E-state index in [0.29, 0.717) is 11.4 Å². The van der Waals surface area contributed by atoms with Gasteiger partial charge in [0.1, 0.15) is 0 Å². The Morgan fingerprint density at radius 2 is 2.31 bits per heavy atom. The number of esters is 1. The molecule has 0 atom stereocenters. The Hall–Kier alpha value is -1.23. The Morgan fingerprint density at radius 3 is 2.85 bits per heavy atom. The number of carbonyl (C=O) groups is 2. The molecule has 0 radical (unpaired) electrons. The molecule has 0 saturated heterocycles. The van der Waals surface area contributed by atoms with Crippen molar-refractivity contribution in [2.45, 2.75) is 13.3 Å². The topological polar surface area (TPSA) is 56.3 Å². The third kappa shape index (κ3) is 2.12. The molecule has 13 heavy (non-hydrogen) atoms. The predicted octanol–water partition coefficient (Wildman–Crippen LogP) is 1.52. The summed E-state index contributed by atoms with van der Waals surface area (Å²) in [6.07, 6.45) is 0.397. The van der Waals surface area contributed by atoms with Gasteiger partial charge in [-0.15, -0.1) is 11.3 Å². The van der Waals surface area contributed by atoms with Crippen molar-refractivity contribution in [2.24, 2.45) is 0 Å². The molecule has 0 aromatic carbocycles. The molecule has 0 amide bonds. The lowest BCUT2D eigenvalue weighted by Gasteiger charge is -1.91. The summed E-state index contributed by atoms with van der Waals surface area (Å²) in [5.41, 5.74) is 0.198. The minimum atomic E-state index is -0.508. The zero-order valence-corrected chi connectivity index (χ0v) is 8.18. The maximum atomic E-state index is 11.1. The van der Waals surface area contributed by atoms with Crippen LogP contribution >= 0.6 is 11.3 Å². The van der Waals surface area contributed by atoms with Crippen molar-refractivity contribution >= 4 is 23.1 Å². The van der Waals surface area contributed by atoms with Crippen LogP contribution < -0.4 is 0 Å². The van der Waals surface area contributed by atoms with Crippen LogP contribution in [0.1, 0.15) is 33.6 Å². The highest BCUT2D eigenvalue weighted by Crippen LogP contribution is 2.12. The highest BCUT2D eigenvalue weighted by atomic mass is 32.1. The summed E-state index contributed by atoms with van der Waals surface area (Å²) in [5, 5.41) is 1.89. The summed E-state index contributed by atoms with van der Waals surface area (Å²) in [7, 11) is 1.28. The molecular weight excluding hydrogens is 190 g/mol. The minimum Gasteiger partial charge on any atom is -0.464 e.